The predicted molar refractivity (Wildman–Crippen MR) is 74.2 cm³/mol. The maximum absolute atomic E-state index is 12.3. The standard InChI is InChI=1S/C14H22N4O/c1-9(2)13-12(8-16-10(3)17-13)14(19)18-11-5-4-6-15-7-11/h8-9,11,15H,4-7H2,1-3H3,(H,18,19)/t11-/m0/s1. The van der Waals surface area contributed by atoms with Gasteiger partial charge in [0.1, 0.15) is 5.82 Å². The van der Waals surface area contributed by atoms with Gasteiger partial charge in [0.05, 0.1) is 11.3 Å². The lowest BCUT2D eigenvalue weighted by Gasteiger charge is -2.24. The van der Waals surface area contributed by atoms with Gasteiger partial charge in [-0.15, -0.1) is 0 Å². The molecule has 1 aliphatic heterocycles. The number of piperidine rings is 1. The lowest BCUT2D eigenvalue weighted by Crippen LogP contribution is -2.45. The maximum Gasteiger partial charge on any atom is 0.254 e. The normalized spacial score (nSPS) is 19.5. The van der Waals surface area contributed by atoms with E-state index in [0.29, 0.717) is 11.4 Å². The van der Waals surface area contributed by atoms with E-state index < -0.39 is 0 Å². The summed E-state index contributed by atoms with van der Waals surface area (Å²) in [4.78, 5) is 20.9. The van der Waals surface area contributed by atoms with Crippen molar-refractivity contribution in [2.75, 3.05) is 13.1 Å². The quantitative estimate of drug-likeness (QED) is 0.864. The third-order valence-electron chi connectivity index (χ3n) is 3.36. The highest BCUT2D eigenvalue weighted by Gasteiger charge is 2.20. The number of aryl methyl sites for hydroxylation is 1. The molecule has 5 heteroatoms. The van der Waals surface area contributed by atoms with Gasteiger partial charge in [0.2, 0.25) is 0 Å². The van der Waals surface area contributed by atoms with Gasteiger partial charge in [0.25, 0.3) is 5.91 Å². The summed E-state index contributed by atoms with van der Waals surface area (Å²) in [5.74, 6) is 0.865. The van der Waals surface area contributed by atoms with E-state index in [-0.39, 0.29) is 17.9 Å². The fourth-order valence-electron chi connectivity index (χ4n) is 2.34. The van der Waals surface area contributed by atoms with Crippen LogP contribution in [0.1, 0.15) is 54.5 Å². The third-order valence-corrected chi connectivity index (χ3v) is 3.36. The molecule has 1 saturated heterocycles. The number of carbonyl (C=O) groups excluding carboxylic acids is 1. The Bertz CT molecular complexity index is 453. The second-order valence-corrected chi connectivity index (χ2v) is 5.39. The Hall–Kier alpha value is -1.49. The number of aromatic nitrogens is 2. The van der Waals surface area contributed by atoms with Crippen LogP contribution in [-0.2, 0) is 0 Å². The Balaban J connectivity index is 2.13. The molecule has 1 aromatic heterocycles. The van der Waals surface area contributed by atoms with Crippen molar-refractivity contribution in [1.82, 2.24) is 20.6 Å². The zero-order valence-corrected chi connectivity index (χ0v) is 11.9. The van der Waals surface area contributed by atoms with Crippen molar-refractivity contribution < 1.29 is 4.79 Å². The average Bonchev–Trinajstić information content (AvgIpc) is 2.39. The molecule has 0 saturated carbocycles. The molecule has 0 spiro atoms. The molecule has 0 bridgehead atoms. The second-order valence-electron chi connectivity index (χ2n) is 5.39. The highest BCUT2D eigenvalue weighted by Crippen LogP contribution is 2.17. The largest absolute Gasteiger partial charge is 0.348 e. The molecule has 1 atom stereocenters. The molecular weight excluding hydrogens is 240 g/mol. The fourth-order valence-corrected chi connectivity index (χ4v) is 2.34. The Labute approximate surface area is 114 Å². The third kappa shape index (κ3) is 3.50. The molecule has 104 valence electrons. The number of hydrogen-bond acceptors (Lipinski definition) is 4. The molecule has 1 aromatic rings. The van der Waals surface area contributed by atoms with Gasteiger partial charge in [0.15, 0.2) is 0 Å². The van der Waals surface area contributed by atoms with Crippen LogP contribution in [0.5, 0.6) is 0 Å². The van der Waals surface area contributed by atoms with Gasteiger partial charge < -0.3 is 10.6 Å². The van der Waals surface area contributed by atoms with Crippen LogP contribution in [-0.4, -0.2) is 35.0 Å². The Morgan fingerprint density at radius 2 is 2.32 bits per heavy atom. The van der Waals surface area contributed by atoms with Gasteiger partial charge in [-0.1, -0.05) is 13.8 Å². The zero-order valence-electron chi connectivity index (χ0n) is 11.9. The number of nitrogens with one attached hydrogen (secondary N) is 2. The van der Waals surface area contributed by atoms with Crippen molar-refractivity contribution in [3.63, 3.8) is 0 Å². The average molecular weight is 262 g/mol. The fraction of sp³-hybridized carbons (Fsp3) is 0.643. The van der Waals surface area contributed by atoms with Crippen LogP contribution < -0.4 is 10.6 Å². The van der Waals surface area contributed by atoms with Crippen molar-refractivity contribution in [1.29, 1.82) is 0 Å². The molecule has 1 fully saturated rings. The van der Waals surface area contributed by atoms with Crippen LogP contribution >= 0.6 is 0 Å². The first-order valence-electron chi connectivity index (χ1n) is 6.93. The van der Waals surface area contributed by atoms with Crippen LogP contribution in [0.2, 0.25) is 0 Å². The summed E-state index contributed by atoms with van der Waals surface area (Å²) in [5, 5.41) is 6.36. The summed E-state index contributed by atoms with van der Waals surface area (Å²) < 4.78 is 0. The van der Waals surface area contributed by atoms with Gasteiger partial charge in [-0.05, 0) is 32.2 Å². The Morgan fingerprint density at radius 3 is 2.95 bits per heavy atom. The summed E-state index contributed by atoms with van der Waals surface area (Å²) >= 11 is 0. The molecule has 0 aliphatic carbocycles. The number of hydrogen-bond donors (Lipinski definition) is 2. The first kappa shape index (κ1) is 13.9. The zero-order chi connectivity index (χ0) is 13.8. The minimum Gasteiger partial charge on any atom is -0.348 e. The SMILES string of the molecule is Cc1ncc(C(=O)N[C@H]2CCCNC2)c(C(C)C)n1. The van der Waals surface area contributed by atoms with Gasteiger partial charge >= 0.3 is 0 Å². The smallest absolute Gasteiger partial charge is 0.254 e. The number of carbonyl (C=O) groups is 1. The van der Waals surface area contributed by atoms with E-state index in [1.807, 2.05) is 20.8 Å². The Kier molecular flexibility index (Phi) is 4.47. The maximum atomic E-state index is 12.3. The molecule has 2 rings (SSSR count). The van der Waals surface area contributed by atoms with E-state index in [1.165, 1.54) is 0 Å². The minimum absolute atomic E-state index is 0.0580. The van der Waals surface area contributed by atoms with Crippen molar-refractivity contribution >= 4 is 5.91 Å². The number of rotatable bonds is 3. The van der Waals surface area contributed by atoms with Crippen LogP contribution in [0.4, 0.5) is 0 Å². The van der Waals surface area contributed by atoms with Crippen LogP contribution in [0.15, 0.2) is 6.20 Å². The molecule has 2 N–H and O–H groups in total. The lowest BCUT2D eigenvalue weighted by molar-refractivity contribution is 0.0928. The summed E-state index contributed by atoms with van der Waals surface area (Å²) in [6.45, 7) is 7.81. The molecule has 19 heavy (non-hydrogen) atoms. The van der Waals surface area contributed by atoms with Crippen LogP contribution in [0.3, 0.4) is 0 Å². The van der Waals surface area contributed by atoms with Gasteiger partial charge in [-0.2, -0.15) is 0 Å². The predicted octanol–water partition coefficient (Wildman–Crippen LogP) is 1.39. The number of nitrogens with zero attached hydrogens (tertiary/aromatic N) is 2. The summed E-state index contributed by atoms with van der Waals surface area (Å²) in [5.41, 5.74) is 1.43. The summed E-state index contributed by atoms with van der Waals surface area (Å²) in [6.07, 6.45) is 3.78. The molecule has 2 heterocycles. The molecule has 1 aliphatic rings. The van der Waals surface area contributed by atoms with E-state index in [1.54, 1.807) is 6.20 Å². The molecule has 0 aromatic carbocycles. The first-order valence-corrected chi connectivity index (χ1v) is 6.93. The van der Waals surface area contributed by atoms with Gasteiger partial charge in [0, 0.05) is 18.8 Å². The van der Waals surface area contributed by atoms with Gasteiger partial charge in [-0.25, -0.2) is 9.97 Å². The van der Waals surface area contributed by atoms with Gasteiger partial charge in [-0.3, -0.25) is 4.79 Å². The van der Waals surface area contributed by atoms with Crippen molar-refractivity contribution in [3.8, 4) is 0 Å². The first-order chi connectivity index (χ1) is 9.08. The van der Waals surface area contributed by atoms with Crippen LogP contribution in [0, 0.1) is 6.92 Å². The second kappa shape index (κ2) is 6.10. The van der Waals surface area contributed by atoms with Crippen LogP contribution in [0.25, 0.3) is 0 Å². The number of amides is 1. The Morgan fingerprint density at radius 1 is 1.53 bits per heavy atom. The highest BCUT2D eigenvalue weighted by atomic mass is 16.1. The van der Waals surface area contributed by atoms with E-state index in [9.17, 15) is 4.79 Å². The van der Waals surface area contributed by atoms with Crippen molar-refractivity contribution in [2.24, 2.45) is 0 Å². The molecule has 0 unspecified atom stereocenters. The van der Waals surface area contributed by atoms with E-state index in [0.717, 1.165) is 31.6 Å². The minimum atomic E-state index is -0.0580. The molecule has 0 radical (unpaired) electrons. The van der Waals surface area contributed by atoms with E-state index >= 15 is 0 Å². The topological polar surface area (TPSA) is 66.9 Å². The molecular formula is C14H22N4O. The van der Waals surface area contributed by atoms with Crippen molar-refractivity contribution in [3.05, 3.63) is 23.3 Å². The molecule has 1 amide bonds. The monoisotopic (exact) mass is 262 g/mol. The highest BCUT2D eigenvalue weighted by molar-refractivity contribution is 5.95. The lowest BCUT2D eigenvalue weighted by atomic mass is 10.0. The molecule has 5 nitrogen and oxygen atoms in total. The summed E-state index contributed by atoms with van der Waals surface area (Å²) in [6, 6.07) is 0.211. The van der Waals surface area contributed by atoms with E-state index in [2.05, 4.69) is 20.6 Å². The summed E-state index contributed by atoms with van der Waals surface area (Å²) in [7, 11) is 0. The van der Waals surface area contributed by atoms with Crippen molar-refractivity contribution in [2.45, 2.75) is 45.6 Å². The van der Waals surface area contributed by atoms with E-state index in [4.69, 9.17) is 0 Å².